The molecule has 0 rings (SSSR count). The zero-order chi connectivity index (χ0) is 12.4. The van der Waals surface area contributed by atoms with Crippen molar-refractivity contribution in [3.8, 4) is 0 Å². The highest BCUT2D eigenvalue weighted by molar-refractivity contribution is 8.55. The second kappa shape index (κ2) is 9.84. The molecular formula is C10H24O3PS2+. The van der Waals surface area contributed by atoms with E-state index in [1.54, 1.807) is 0 Å². The molecule has 98 valence electrons. The van der Waals surface area contributed by atoms with Crippen molar-refractivity contribution in [2.75, 3.05) is 36.7 Å². The minimum Gasteiger partial charge on any atom is -0.301 e. The van der Waals surface area contributed by atoms with Crippen LogP contribution in [0.2, 0.25) is 0 Å². The molecule has 0 aliphatic carbocycles. The van der Waals surface area contributed by atoms with Crippen LogP contribution in [0, 0.1) is 0 Å². The molecule has 0 amide bonds. The summed E-state index contributed by atoms with van der Waals surface area (Å²) in [5.74, 6) is 3.30. The minimum absolute atomic E-state index is 0.442. The third kappa shape index (κ3) is 8.02. The van der Waals surface area contributed by atoms with Gasteiger partial charge in [0.25, 0.3) is 0 Å². The van der Waals surface area contributed by atoms with E-state index >= 15 is 0 Å². The van der Waals surface area contributed by atoms with Crippen molar-refractivity contribution in [1.29, 1.82) is 0 Å². The van der Waals surface area contributed by atoms with Gasteiger partial charge >= 0.3 is 6.80 Å². The molecule has 0 saturated heterocycles. The van der Waals surface area contributed by atoms with Gasteiger partial charge in [-0.2, -0.15) is 0 Å². The van der Waals surface area contributed by atoms with E-state index in [0.717, 1.165) is 12.2 Å². The van der Waals surface area contributed by atoms with Crippen LogP contribution in [-0.4, -0.2) is 36.7 Å². The van der Waals surface area contributed by atoms with Crippen LogP contribution < -0.4 is 0 Å². The highest BCUT2D eigenvalue weighted by atomic mass is 32.7. The lowest BCUT2D eigenvalue weighted by Crippen LogP contribution is -2.08. The maximum atomic E-state index is 12.0. The molecule has 0 radical (unpaired) electrons. The summed E-state index contributed by atoms with van der Waals surface area (Å²) < 4.78 is 22.5. The van der Waals surface area contributed by atoms with Gasteiger partial charge in [0.15, 0.2) is 0 Å². The first kappa shape index (κ1) is 16.9. The fourth-order valence-corrected chi connectivity index (χ4v) is 5.65. The molecule has 1 atom stereocenters. The average Bonchev–Trinajstić information content (AvgIpc) is 2.25. The topological polar surface area (TPSA) is 35.5 Å². The Morgan fingerprint density at radius 2 is 1.75 bits per heavy atom. The van der Waals surface area contributed by atoms with Crippen molar-refractivity contribution in [2.24, 2.45) is 0 Å². The molecule has 0 fully saturated rings. The average molecular weight is 287 g/mol. The summed E-state index contributed by atoms with van der Waals surface area (Å²) in [6, 6.07) is 0. The van der Waals surface area contributed by atoms with Crippen molar-refractivity contribution in [2.45, 2.75) is 27.2 Å². The molecule has 16 heavy (non-hydrogen) atoms. The van der Waals surface area contributed by atoms with Gasteiger partial charge in [-0.05, 0) is 43.0 Å². The van der Waals surface area contributed by atoms with Crippen LogP contribution in [0.15, 0.2) is 0 Å². The van der Waals surface area contributed by atoms with E-state index in [9.17, 15) is 4.57 Å². The predicted octanol–water partition coefficient (Wildman–Crippen LogP) is 3.56. The summed E-state index contributed by atoms with van der Waals surface area (Å²) >= 11 is 1.34. The SMILES string of the molecule is CCOP(=O)(OCC)SCCC[S+](C)CC. The molecule has 0 aromatic carbocycles. The molecular weight excluding hydrogens is 263 g/mol. The molecule has 0 heterocycles. The molecule has 1 unspecified atom stereocenters. The summed E-state index contributed by atoms with van der Waals surface area (Å²) in [6.07, 6.45) is 3.36. The largest absolute Gasteiger partial charge is 0.389 e. The van der Waals surface area contributed by atoms with E-state index in [1.165, 1.54) is 22.9 Å². The van der Waals surface area contributed by atoms with Crippen molar-refractivity contribution in [1.82, 2.24) is 0 Å². The van der Waals surface area contributed by atoms with Gasteiger partial charge < -0.3 is 9.05 Å². The molecule has 0 spiro atoms. The summed E-state index contributed by atoms with van der Waals surface area (Å²) in [7, 11) is 0.503. The molecule has 0 saturated carbocycles. The van der Waals surface area contributed by atoms with Gasteiger partial charge in [0.2, 0.25) is 0 Å². The van der Waals surface area contributed by atoms with E-state index in [0.29, 0.717) is 24.1 Å². The predicted molar refractivity (Wildman–Crippen MR) is 76.6 cm³/mol. The quantitative estimate of drug-likeness (QED) is 0.350. The molecule has 3 nitrogen and oxygen atoms in total. The fraction of sp³-hybridized carbons (Fsp3) is 1.00. The van der Waals surface area contributed by atoms with Gasteiger partial charge in [-0.3, -0.25) is 0 Å². The molecule has 0 aromatic heterocycles. The Hall–Kier alpha value is 0.850. The van der Waals surface area contributed by atoms with Gasteiger partial charge in [0.05, 0.1) is 19.5 Å². The molecule has 0 aliphatic heterocycles. The van der Waals surface area contributed by atoms with Crippen LogP contribution in [0.25, 0.3) is 0 Å². The maximum absolute atomic E-state index is 12.0. The van der Waals surface area contributed by atoms with Crippen LogP contribution in [0.3, 0.4) is 0 Å². The first-order valence-electron chi connectivity index (χ1n) is 5.70. The van der Waals surface area contributed by atoms with Gasteiger partial charge in [-0.1, -0.05) is 0 Å². The number of hydrogen-bond donors (Lipinski definition) is 0. The summed E-state index contributed by atoms with van der Waals surface area (Å²) in [5.41, 5.74) is 0. The monoisotopic (exact) mass is 287 g/mol. The lowest BCUT2D eigenvalue weighted by molar-refractivity contribution is 0.237. The number of hydrogen-bond acceptors (Lipinski definition) is 4. The highest BCUT2D eigenvalue weighted by Crippen LogP contribution is 2.60. The first-order chi connectivity index (χ1) is 7.58. The van der Waals surface area contributed by atoms with Gasteiger partial charge in [-0.25, -0.2) is 4.57 Å². The zero-order valence-corrected chi connectivity index (χ0v) is 13.3. The van der Waals surface area contributed by atoms with Crippen molar-refractivity contribution in [3.63, 3.8) is 0 Å². The van der Waals surface area contributed by atoms with Crippen LogP contribution in [0.1, 0.15) is 27.2 Å². The van der Waals surface area contributed by atoms with Crippen LogP contribution >= 0.6 is 18.2 Å². The molecule has 0 N–H and O–H groups in total. The summed E-state index contributed by atoms with van der Waals surface area (Å²) in [5, 5.41) is 0. The molecule has 0 aliphatic rings. The summed E-state index contributed by atoms with van der Waals surface area (Å²) in [4.78, 5) is 0. The molecule has 6 heteroatoms. The Morgan fingerprint density at radius 1 is 1.19 bits per heavy atom. The van der Waals surface area contributed by atoms with E-state index < -0.39 is 6.80 Å². The fourth-order valence-electron chi connectivity index (χ4n) is 1.05. The second-order valence-corrected chi connectivity index (χ2v) is 9.99. The molecule has 0 aromatic rings. The zero-order valence-electron chi connectivity index (χ0n) is 10.7. The first-order valence-corrected chi connectivity index (χ1v) is 10.8. The van der Waals surface area contributed by atoms with Crippen molar-refractivity contribution < 1.29 is 13.6 Å². The van der Waals surface area contributed by atoms with Gasteiger partial charge in [0.1, 0.15) is 11.5 Å². The van der Waals surface area contributed by atoms with Crippen LogP contribution in [0.4, 0.5) is 0 Å². The van der Waals surface area contributed by atoms with Crippen molar-refractivity contribution in [3.05, 3.63) is 0 Å². The lowest BCUT2D eigenvalue weighted by atomic mass is 10.6. The molecule has 0 bridgehead atoms. The summed E-state index contributed by atoms with van der Waals surface area (Å²) in [6.45, 7) is 3.91. The van der Waals surface area contributed by atoms with E-state index in [-0.39, 0.29) is 0 Å². The number of rotatable bonds is 10. The third-order valence-electron chi connectivity index (χ3n) is 1.95. The smallest absolute Gasteiger partial charge is 0.301 e. The van der Waals surface area contributed by atoms with Gasteiger partial charge in [0, 0.05) is 12.2 Å². The second-order valence-electron chi connectivity index (χ2n) is 3.24. The van der Waals surface area contributed by atoms with Crippen LogP contribution in [-0.2, 0) is 24.5 Å². The van der Waals surface area contributed by atoms with E-state index in [2.05, 4.69) is 13.2 Å². The Morgan fingerprint density at radius 3 is 2.19 bits per heavy atom. The lowest BCUT2D eigenvalue weighted by Gasteiger charge is -2.15. The Labute approximate surface area is 107 Å². The third-order valence-corrected chi connectivity index (χ3v) is 7.99. The Bertz CT molecular complexity index is 204. The Balaban J connectivity index is 3.80. The standard InChI is InChI=1S/C10H24O3PS2/c1-5-12-14(11,13-6-2)15-9-8-10-16(4)7-3/h5-10H2,1-4H3/q+1. The maximum Gasteiger partial charge on any atom is 0.389 e. The van der Waals surface area contributed by atoms with Gasteiger partial charge in [-0.15, -0.1) is 0 Å². The van der Waals surface area contributed by atoms with E-state index in [4.69, 9.17) is 9.05 Å². The van der Waals surface area contributed by atoms with Crippen molar-refractivity contribution >= 4 is 29.1 Å². The highest BCUT2D eigenvalue weighted by Gasteiger charge is 2.24. The van der Waals surface area contributed by atoms with Crippen LogP contribution in [0.5, 0.6) is 0 Å². The van der Waals surface area contributed by atoms with E-state index in [1.807, 2.05) is 13.8 Å². The normalized spacial score (nSPS) is 14.0. The minimum atomic E-state index is -2.87. The Kier molecular flexibility index (Phi) is 10.4.